The van der Waals surface area contributed by atoms with Crippen molar-refractivity contribution in [1.29, 1.82) is 0 Å². The Bertz CT molecular complexity index is 355. The Labute approximate surface area is 119 Å². The van der Waals surface area contributed by atoms with Crippen molar-refractivity contribution in [2.45, 2.75) is 39.5 Å². The van der Waals surface area contributed by atoms with Gasteiger partial charge in [-0.05, 0) is 32.6 Å². The molecule has 1 rings (SSSR count). The maximum absolute atomic E-state index is 4.04. The summed E-state index contributed by atoms with van der Waals surface area (Å²) in [5.41, 5.74) is 3.41. The highest BCUT2D eigenvalue weighted by atomic mass is 14.2. The summed E-state index contributed by atoms with van der Waals surface area (Å²) in [6.07, 6.45) is 15.2. The average molecular weight is 256 g/mol. The van der Waals surface area contributed by atoms with E-state index in [4.69, 9.17) is 0 Å². The van der Waals surface area contributed by atoms with Gasteiger partial charge >= 0.3 is 0 Å². The Morgan fingerprint density at radius 3 is 1.74 bits per heavy atom. The summed E-state index contributed by atoms with van der Waals surface area (Å²) in [4.78, 5) is 0. The van der Waals surface area contributed by atoms with E-state index in [2.05, 4.69) is 32.4 Å². The summed E-state index contributed by atoms with van der Waals surface area (Å²) >= 11 is 0. The molecule has 104 valence electrons. The van der Waals surface area contributed by atoms with Crippen LogP contribution >= 0.6 is 0 Å². The molecule has 0 N–H and O–H groups in total. The van der Waals surface area contributed by atoms with E-state index < -0.39 is 0 Å². The maximum Gasteiger partial charge on any atom is -0.0168 e. The Balaban J connectivity index is 0.000000362. The molecule has 0 nitrogen and oxygen atoms in total. The van der Waals surface area contributed by atoms with Gasteiger partial charge in [-0.15, -0.1) is 0 Å². The largest absolute Gasteiger partial charge is 0.0991 e. The molecule has 1 aliphatic carbocycles. The van der Waals surface area contributed by atoms with E-state index in [9.17, 15) is 0 Å². The first kappa shape index (κ1) is 17.4. The van der Waals surface area contributed by atoms with Crippen LogP contribution in [-0.2, 0) is 0 Å². The number of hydrogen-bond acceptors (Lipinski definition) is 0. The van der Waals surface area contributed by atoms with Crippen molar-refractivity contribution in [3.8, 4) is 0 Å². The van der Waals surface area contributed by atoms with Crippen LogP contribution in [0.2, 0.25) is 0 Å². The second-order valence-electron chi connectivity index (χ2n) is 5.18. The predicted octanol–water partition coefficient (Wildman–Crippen LogP) is 6.17. The van der Waals surface area contributed by atoms with Gasteiger partial charge in [0.2, 0.25) is 0 Å². The normalized spacial score (nSPS) is 15.3. The lowest BCUT2D eigenvalue weighted by Gasteiger charge is -2.07. The molecule has 0 radical (unpaired) electrons. The number of rotatable bonds is 5. The van der Waals surface area contributed by atoms with Crippen molar-refractivity contribution in [2.75, 3.05) is 0 Å². The zero-order valence-electron chi connectivity index (χ0n) is 12.6. The van der Waals surface area contributed by atoms with E-state index in [1.807, 2.05) is 32.1 Å². The van der Waals surface area contributed by atoms with Gasteiger partial charge in [0, 0.05) is 0 Å². The fourth-order valence-electron chi connectivity index (χ4n) is 1.91. The quantitative estimate of drug-likeness (QED) is 0.516. The molecule has 0 unspecified atom stereocenters. The molecule has 0 heteroatoms. The van der Waals surface area contributed by atoms with Crippen LogP contribution in [0.4, 0.5) is 0 Å². The maximum atomic E-state index is 4.04. The molecule has 0 aromatic heterocycles. The van der Waals surface area contributed by atoms with Crippen LogP contribution in [0.25, 0.3) is 0 Å². The van der Waals surface area contributed by atoms with Gasteiger partial charge in [0.1, 0.15) is 0 Å². The zero-order valence-corrected chi connectivity index (χ0v) is 12.6. The monoisotopic (exact) mass is 256 g/mol. The SMILES string of the molecule is C=C(C)/C=C\C(=C)C.C=C/C=C\C(=C)C1CCCC1. The highest BCUT2D eigenvalue weighted by Gasteiger charge is 2.15. The van der Waals surface area contributed by atoms with E-state index in [0.717, 1.165) is 17.1 Å². The van der Waals surface area contributed by atoms with Gasteiger partial charge in [0.25, 0.3) is 0 Å². The van der Waals surface area contributed by atoms with Gasteiger partial charge in [-0.3, -0.25) is 0 Å². The lowest BCUT2D eigenvalue weighted by atomic mass is 9.99. The molecule has 1 aliphatic rings. The standard InChI is InChI=1S/C11H16.C8H12/c1-3-4-7-10(2)11-8-5-6-9-11;1-7(2)5-6-8(3)4/h3-4,7,11H,1-2,5-6,8-9H2;5-6H,1,3H2,2,4H3/b7-4-;6-5-. The van der Waals surface area contributed by atoms with E-state index in [1.165, 1.54) is 31.3 Å². The molecular formula is C19H28. The minimum atomic E-state index is 0.756. The van der Waals surface area contributed by atoms with Crippen LogP contribution in [0.1, 0.15) is 39.5 Å². The van der Waals surface area contributed by atoms with Crippen molar-refractivity contribution in [3.05, 3.63) is 73.4 Å². The van der Waals surface area contributed by atoms with Crippen LogP contribution < -0.4 is 0 Å². The van der Waals surface area contributed by atoms with Crippen LogP contribution in [0.3, 0.4) is 0 Å². The first-order valence-electron chi connectivity index (χ1n) is 6.94. The van der Waals surface area contributed by atoms with Crippen molar-refractivity contribution < 1.29 is 0 Å². The van der Waals surface area contributed by atoms with Crippen LogP contribution in [0.5, 0.6) is 0 Å². The summed E-state index contributed by atoms with van der Waals surface area (Å²) in [5.74, 6) is 0.756. The molecular weight excluding hydrogens is 228 g/mol. The third kappa shape index (κ3) is 10.1. The molecule has 19 heavy (non-hydrogen) atoms. The van der Waals surface area contributed by atoms with E-state index >= 15 is 0 Å². The molecule has 1 saturated carbocycles. The second-order valence-corrected chi connectivity index (χ2v) is 5.18. The molecule has 0 aromatic rings. The Morgan fingerprint density at radius 1 is 0.895 bits per heavy atom. The molecule has 0 aromatic carbocycles. The van der Waals surface area contributed by atoms with Crippen LogP contribution in [0, 0.1) is 5.92 Å². The number of hydrogen-bond donors (Lipinski definition) is 0. The van der Waals surface area contributed by atoms with Crippen LogP contribution in [-0.4, -0.2) is 0 Å². The first-order chi connectivity index (χ1) is 8.97. The molecule has 0 bridgehead atoms. The van der Waals surface area contributed by atoms with E-state index in [-0.39, 0.29) is 0 Å². The summed E-state index contributed by atoms with van der Waals surface area (Å²) in [6.45, 7) is 19.0. The van der Waals surface area contributed by atoms with Gasteiger partial charge in [-0.1, -0.05) is 86.3 Å². The fourth-order valence-corrected chi connectivity index (χ4v) is 1.91. The highest BCUT2D eigenvalue weighted by molar-refractivity contribution is 5.21. The van der Waals surface area contributed by atoms with E-state index in [0.29, 0.717) is 0 Å². The summed E-state index contributed by atoms with van der Waals surface area (Å²) in [6, 6.07) is 0. The van der Waals surface area contributed by atoms with Crippen LogP contribution in [0.15, 0.2) is 73.4 Å². The summed E-state index contributed by atoms with van der Waals surface area (Å²) in [7, 11) is 0. The molecule has 0 aliphatic heterocycles. The van der Waals surface area contributed by atoms with Crippen molar-refractivity contribution >= 4 is 0 Å². The minimum Gasteiger partial charge on any atom is -0.0991 e. The molecule has 0 atom stereocenters. The molecule has 0 amide bonds. The lowest BCUT2D eigenvalue weighted by Crippen LogP contribution is -1.93. The molecule has 0 spiro atoms. The average Bonchev–Trinajstić information content (AvgIpc) is 2.88. The summed E-state index contributed by atoms with van der Waals surface area (Å²) in [5, 5.41) is 0. The zero-order chi connectivity index (χ0) is 14.7. The van der Waals surface area contributed by atoms with Gasteiger partial charge in [-0.25, -0.2) is 0 Å². The fraction of sp³-hybridized carbons (Fsp3) is 0.368. The third-order valence-electron chi connectivity index (χ3n) is 2.98. The Morgan fingerprint density at radius 2 is 1.37 bits per heavy atom. The van der Waals surface area contributed by atoms with Crippen molar-refractivity contribution in [2.24, 2.45) is 5.92 Å². The molecule has 0 saturated heterocycles. The smallest absolute Gasteiger partial charge is 0.0168 e. The van der Waals surface area contributed by atoms with E-state index in [1.54, 1.807) is 6.08 Å². The minimum absolute atomic E-state index is 0.756. The number of allylic oxidation sites excluding steroid dienone is 8. The lowest BCUT2D eigenvalue weighted by molar-refractivity contribution is 0.660. The summed E-state index contributed by atoms with van der Waals surface area (Å²) < 4.78 is 0. The van der Waals surface area contributed by atoms with Gasteiger partial charge in [0.15, 0.2) is 0 Å². The highest BCUT2D eigenvalue weighted by Crippen LogP contribution is 2.30. The first-order valence-corrected chi connectivity index (χ1v) is 6.94. The topological polar surface area (TPSA) is 0 Å². The predicted molar refractivity (Wildman–Crippen MR) is 89.2 cm³/mol. The molecule has 0 heterocycles. The van der Waals surface area contributed by atoms with Gasteiger partial charge in [-0.2, -0.15) is 0 Å². The third-order valence-corrected chi connectivity index (χ3v) is 2.98. The van der Waals surface area contributed by atoms with Crippen molar-refractivity contribution in [3.63, 3.8) is 0 Å². The second kappa shape index (κ2) is 10.4. The molecule has 1 fully saturated rings. The van der Waals surface area contributed by atoms with Crippen molar-refractivity contribution in [1.82, 2.24) is 0 Å². The Kier molecular flexibility index (Phi) is 9.52. The van der Waals surface area contributed by atoms with Gasteiger partial charge < -0.3 is 0 Å². The Hall–Kier alpha value is -1.56. The van der Waals surface area contributed by atoms with Gasteiger partial charge in [0.05, 0.1) is 0 Å².